The number of carbonyl (C=O) groups is 3. The van der Waals surface area contributed by atoms with E-state index < -0.39 is 210 Å². The topological polar surface area (TPSA) is 451 Å². The Morgan fingerprint density at radius 2 is 1.21 bits per heavy atom. The van der Waals surface area contributed by atoms with E-state index in [0.29, 0.717) is 0 Å². The number of amides is 2. The van der Waals surface area contributed by atoms with Crippen molar-refractivity contribution in [1.82, 2.24) is 10.6 Å². The van der Waals surface area contributed by atoms with Gasteiger partial charge in [-0.3, -0.25) is 9.59 Å². The lowest BCUT2D eigenvalue weighted by Gasteiger charge is -2.52. The molecule has 29 heteroatoms. The first-order valence-corrected chi connectivity index (χ1v) is 22.0. The average molecular weight is 995 g/mol. The normalized spacial score (nSPS) is 45.5. The number of carboxylic acid groups (broad SMARTS) is 1. The number of aliphatic carboxylic acids is 1. The van der Waals surface area contributed by atoms with E-state index in [0.717, 1.165) is 13.8 Å². The maximum absolute atomic E-state index is 13.1. The number of aliphatic hydroxyl groups is 13. The van der Waals surface area contributed by atoms with Gasteiger partial charge in [-0.2, -0.15) is 0 Å². The highest BCUT2D eigenvalue weighted by molar-refractivity contribution is 5.76. The van der Waals surface area contributed by atoms with E-state index in [1.165, 1.54) is 6.92 Å². The van der Waals surface area contributed by atoms with Crippen LogP contribution in [-0.2, 0) is 61.8 Å². The van der Waals surface area contributed by atoms with E-state index in [1.807, 2.05) is 0 Å². The molecule has 0 bridgehead atoms. The summed E-state index contributed by atoms with van der Waals surface area (Å²) in [5.41, 5.74) is 0. The molecule has 0 radical (unpaired) electrons. The summed E-state index contributed by atoms with van der Waals surface area (Å²) in [6.07, 6.45) is -41.1. The van der Waals surface area contributed by atoms with Crippen LogP contribution in [0.4, 0.5) is 0 Å². The highest BCUT2D eigenvalue weighted by atomic mass is 16.8. The molecule has 68 heavy (non-hydrogen) atoms. The second-order valence-corrected chi connectivity index (χ2v) is 17.1. The molecule has 25 atom stereocenters. The number of ether oxygens (including phenoxy) is 10. The molecular weight excluding hydrogens is 928 g/mol. The molecule has 0 spiro atoms. The van der Waals surface area contributed by atoms with E-state index in [-0.39, 0.29) is 6.61 Å². The van der Waals surface area contributed by atoms with Gasteiger partial charge >= 0.3 is 5.97 Å². The third-order valence-corrected chi connectivity index (χ3v) is 12.3. The molecule has 2 amide bonds. The number of nitrogens with one attached hydrogen (secondary N) is 2. The van der Waals surface area contributed by atoms with Crippen molar-refractivity contribution in [3.05, 3.63) is 0 Å². The Hall–Kier alpha value is -2.51. The van der Waals surface area contributed by atoms with E-state index >= 15 is 0 Å². The SMILES string of the molecule is CCO[C@@H]1O[C@H](CO)[C@H](O)[C@H](O[C@@H]2O[C@H](CO)[C@@H](O[C@@H]3O[C@H](CO)[C@H](O)[C@H](O[C@]4(C(=O)O)C[C@H](O)[C@@H](NC(C)=O)[C@H]([C@H](O)[C@H](O)CO)O4)[C@H]3O)[C@H](O[C@H]3C[C@H](O)[C@H](O)[C@H](C)O3)[C@H]2NC(C)=O)[C@H]1O. The first-order valence-electron chi connectivity index (χ1n) is 22.0. The summed E-state index contributed by atoms with van der Waals surface area (Å²) in [6, 6.07) is -3.29. The van der Waals surface area contributed by atoms with Gasteiger partial charge < -0.3 is 129 Å². The molecule has 0 aromatic heterocycles. The maximum atomic E-state index is 13.1. The third kappa shape index (κ3) is 12.4. The van der Waals surface area contributed by atoms with Gasteiger partial charge in [-0.15, -0.1) is 0 Å². The lowest BCUT2D eigenvalue weighted by atomic mass is 9.88. The smallest absolute Gasteiger partial charge is 0.364 e. The predicted molar refractivity (Wildman–Crippen MR) is 214 cm³/mol. The fourth-order valence-corrected chi connectivity index (χ4v) is 8.77. The van der Waals surface area contributed by atoms with Crippen molar-refractivity contribution in [2.75, 3.05) is 33.0 Å². The quantitative estimate of drug-likeness (QED) is 0.0571. The maximum Gasteiger partial charge on any atom is 0.364 e. The Labute approximate surface area is 387 Å². The highest BCUT2D eigenvalue weighted by Gasteiger charge is 2.61. The molecule has 5 aliphatic rings. The molecule has 5 fully saturated rings. The van der Waals surface area contributed by atoms with Crippen molar-refractivity contribution >= 4 is 17.8 Å². The van der Waals surface area contributed by atoms with Gasteiger partial charge in [-0.1, -0.05) is 0 Å². The Morgan fingerprint density at radius 1 is 0.662 bits per heavy atom. The minimum absolute atomic E-state index is 0.00207. The summed E-state index contributed by atoms with van der Waals surface area (Å²) in [4.78, 5) is 38.1. The van der Waals surface area contributed by atoms with Crippen LogP contribution >= 0.6 is 0 Å². The van der Waals surface area contributed by atoms with Crippen LogP contribution in [0.5, 0.6) is 0 Å². The zero-order valence-corrected chi connectivity index (χ0v) is 37.4. The molecule has 5 heterocycles. The first-order chi connectivity index (χ1) is 32.1. The van der Waals surface area contributed by atoms with E-state index in [9.17, 15) is 85.9 Å². The fourth-order valence-electron chi connectivity index (χ4n) is 8.77. The minimum atomic E-state index is -3.16. The van der Waals surface area contributed by atoms with Gasteiger partial charge in [-0.05, 0) is 13.8 Å². The zero-order valence-electron chi connectivity index (χ0n) is 37.4. The third-order valence-electron chi connectivity index (χ3n) is 12.3. The first kappa shape index (κ1) is 56.4. The van der Waals surface area contributed by atoms with Crippen molar-refractivity contribution in [3.8, 4) is 0 Å². The number of hydrogen-bond donors (Lipinski definition) is 16. The lowest BCUT2D eigenvalue weighted by molar-refractivity contribution is -0.394. The number of rotatable bonds is 19. The van der Waals surface area contributed by atoms with Gasteiger partial charge in [-0.25, -0.2) is 4.79 Å². The molecule has 5 aliphatic heterocycles. The molecule has 394 valence electrons. The molecule has 0 aromatic carbocycles. The van der Waals surface area contributed by atoms with Crippen LogP contribution in [-0.4, -0.2) is 275 Å². The van der Waals surface area contributed by atoms with Crippen LogP contribution in [0, 0.1) is 0 Å². The van der Waals surface area contributed by atoms with Crippen molar-refractivity contribution in [1.29, 1.82) is 0 Å². The standard InChI is InChI=1S/C39H66N2O27/c1-5-59-36-28(55)33(26(53)18(9-43)61-36)66-35-23(41-14(4)47)32(64-21-6-15(48)24(51)12(2)60-21)30(20(11-45)63-35)65-37-29(56)34(27(54)19(10-44)62-37)68-39(38(57)58)7-16(49)22(40-13(3)46)31(67-39)25(52)17(50)8-42/h12,15-37,42-45,48-56H,5-11H2,1-4H3,(H,40,46)(H,41,47)(H,57,58)/t12-,15-,16-,17+,18+,19+,20+,21-,22+,23+,24+,25+,26-,27-,28+,29+,30+,31+,32+,33-,34-,35-,36+,37-,39-/m0/s1. The van der Waals surface area contributed by atoms with Gasteiger partial charge in [0, 0.05) is 33.3 Å². The predicted octanol–water partition coefficient (Wildman–Crippen LogP) is -9.33. The number of carbonyl (C=O) groups excluding carboxylic acids is 2. The van der Waals surface area contributed by atoms with Crippen LogP contribution in [0.2, 0.25) is 0 Å². The number of carboxylic acids is 1. The van der Waals surface area contributed by atoms with Crippen LogP contribution in [0.1, 0.15) is 40.5 Å². The molecule has 0 unspecified atom stereocenters. The van der Waals surface area contributed by atoms with Crippen molar-refractivity contribution < 1.29 is 133 Å². The summed E-state index contributed by atoms with van der Waals surface area (Å²) in [5.74, 6) is -6.79. The van der Waals surface area contributed by atoms with Crippen LogP contribution in [0.3, 0.4) is 0 Å². The van der Waals surface area contributed by atoms with E-state index in [2.05, 4.69) is 10.6 Å². The highest BCUT2D eigenvalue weighted by Crippen LogP contribution is 2.40. The molecule has 29 nitrogen and oxygen atoms in total. The Bertz CT molecular complexity index is 1630. The summed E-state index contributed by atoms with van der Waals surface area (Å²) >= 11 is 0. The monoisotopic (exact) mass is 994 g/mol. The van der Waals surface area contributed by atoms with Crippen LogP contribution in [0.15, 0.2) is 0 Å². The number of aliphatic hydroxyl groups excluding tert-OH is 13. The van der Waals surface area contributed by atoms with E-state index in [1.54, 1.807) is 6.92 Å². The largest absolute Gasteiger partial charge is 0.477 e. The van der Waals surface area contributed by atoms with Crippen LogP contribution in [0.25, 0.3) is 0 Å². The Morgan fingerprint density at radius 3 is 1.75 bits per heavy atom. The van der Waals surface area contributed by atoms with Gasteiger partial charge in [0.15, 0.2) is 25.2 Å². The molecule has 0 saturated carbocycles. The molecule has 0 aliphatic carbocycles. The zero-order chi connectivity index (χ0) is 50.5. The number of hydrogen-bond acceptors (Lipinski definition) is 26. The molecule has 16 N–H and O–H groups in total. The molecular formula is C39H66N2O27. The summed E-state index contributed by atoms with van der Waals surface area (Å²) in [6.45, 7) is 1.05. The Balaban J connectivity index is 1.53. The van der Waals surface area contributed by atoms with Gasteiger partial charge in [0.2, 0.25) is 11.8 Å². The second-order valence-electron chi connectivity index (χ2n) is 17.1. The summed E-state index contributed by atoms with van der Waals surface area (Å²) < 4.78 is 58.6. The van der Waals surface area contributed by atoms with E-state index in [4.69, 9.17) is 47.4 Å². The summed E-state index contributed by atoms with van der Waals surface area (Å²) in [5, 5.41) is 155. The van der Waals surface area contributed by atoms with Gasteiger partial charge in [0.05, 0.1) is 50.8 Å². The molecule has 5 rings (SSSR count). The average Bonchev–Trinajstić information content (AvgIpc) is 3.28. The second kappa shape index (κ2) is 24.3. The van der Waals surface area contributed by atoms with Crippen molar-refractivity contribution in [3.63, 3.8) is 0 Å². The van der Waals surface area contributed by atoms with Crippen molar-refractivity contribution in [2.24, 2.45) is 0 Å². The van der Waals surface area contributed by atoms with Gasteiger partial charge in [0.25, 0.3) is 5.79 Å². The fraction of sp³-hybridized carbons (Fsp3) is 0.923. The van der Waals surface area contributed by atoms with Crippen molar-refractivity contribution in [2.45, 2.75) is 193 Å². The van der Waals surface area contributed by atoms with Crippen LogP contribution < -0.4 is 10.6 Å². The summed E-state index contributed by atoms with van der Waals surface area (Å²) in [7, 11) is 0. The molecule has 5 saturated heterocycles. The van der Waals surface area contributed by atoms with Gasteiger partial charge in [0.1, 0.15) is 97.6 Å². The molecule has 0 aromatic rings. The Kier molecular flexibility index (Phi) is 20.1. The lowest BCUT2D eigenvalue weighted by Crippen LogP contribution is -2.71. The minimum Gasteiger partial charge on any atom is -0.477 e.